The van der Waals surface area contributed by atoms with E-state index in [9.17, 15) is 18.0 Å². The molecule has 2 rings (SSSR count). The van der Waals surface area contributed by atoms with E-state index in [1.165, 1.54) is 18.3 Å². The Morgan fingerprint density at radius 3 is 2.52 bits per heavy atom. The first-order valence-electron chi connectivity index (χ1n) is 6.32. The maximum absolute atomic E-state index is 13.5. The Balaban J connectivity index is 2.05. The molecule has 0 saturated carbocycles. The molecule has 3 nitrogen and oxygen atoms in total. The van der Waals surface area contributed by atoms with E-state index in [4.69, 9.17) is 0 Å². The summed E-state index contributed by atoms with van der Waals surface area (Å²) in [5, 5.41) is 2.56. The molecule has 1 heterocycles. The van der Waals surface area contributed by atoms with Crippen LogP contribution in [0.1, 0.15) is 22.8 Å². The van der Waals surface area contributed by atoms with Crippen LogP contribution in [0.4, 0.5) is 13.2 Å². The molecule has 0 bridgehead atoms. The van der Waals surface area contributed by atoms with Gasteiger partial charge in [-0.1, -0.05) is 6.07 Å². The van der Waals surface area contributed by atoms with Gasteiger partial charge in [-0.15, -0.1) is 0 Å². The lowest BCUT2D eigenvalue weighted by atomic mass is 10.1. The third-order valence-corrected chi connectivity index (χ3v) is 2.94. The van der Waals surface area contributed by atoms with E-state index < -0.39 is 29.5 Å². The summed E-state index contributed by atoms with van der Waals surface area (Å²) in [5.74, 6) is -2.62. The SMILES string of the molecule is CC(Cc1c(F)cccc1F)NC(=O)c1ccnc(F)c1. The van der Waals surface area contributed by atoms with Crippen molar-refractivity contribution in [1.82, 2.24) is 10.3 Å². The normalized spacial score (nSPS) is 12.0. The zero-order valence-corrected chi connectivity index (χ0v) is 11.2. The number of aromatic nitrogens is 1. The van der Waals surface area contributed by atoms with Gasteiger partial charge >= 0.3 is 0 Å². The molecule has 0 spiro atoms. The second-order valence-corrected chi connectivity index (χ2v) is 4.65. The van der Waals surface area contributed by atoms with Crippen LogP contribution in [-0.4, -0.2) is 16.9 Å². The van der Waals surface area contributed by atoms with Crippen molar-refractivity contribution in [3.8, 4) is 0 Å². The maximum atomic E-state index is 13.5. The van der Waals surface area contributed by atoms with Crippen molar-refractivity contribution in [2.75, 3.05) is 0 Å². The fourth-order valence-corrected chi connectivity index (χ4v) is 1.94. The summed E-state index contributed by atoms with van der Waals surface area (Å²) < 4.78 is 40.0. The number of hydrogen-bond acceptors (Lipinski definition) is 2. The zero-order chi connectivity index (χ0) is 15.4. The molecule has 0 aliphatic heterocycles. The summed E-state index contributed by atoms with van der Waals surface area (Å²) in [6.45, 7) is 1.61. The molecule has 2 aromatic rings. The van der Waals surface area contributed by atoms with Crippen molar-refractivity contribution < 1.29 is 18.0 Å². The standard InChI is InChI=1S/C15H13F3N2O/c1-9(7-11-12(16)3-2-4-13(11)17)20-15(21)10-5-6-19-14(18)8-10/h2-6,8-9H,7H2,1H3,(H,20,21). The highest BCUT2D eigenvalue weighted by Gasteiger charge is 2.15. The largest absolute Gasteiger partial charge is 0.349 e. The zero-order valence-electron chi connectivity index (χ0n) is 11.2. The Bertz CT molecular complexity index is 641. The van der Waals surface area contributed by atoms with Crippen LogP contribution in [0.5, 0.6) is 0 Å². The molecule has 1 N–H and O–H groups in total. The van der Waals surface area contributed by atoms with Crippen molar-refractivity contribution >= 4 is 5.91 Å². The van der Waals surface area contributed by atoms with Crippen LogP contribution in [-0.2, 0) is 6.42 Å². The predicted octanol–water partition coefficient (Wildman–Crippen LogP) is 2.86. The molecule has 0 saturated heterocycles. The van der Waals surface area contributed by atoms with Crippen LogP contribution in [0.3, 0.4) is 0 Å². The third kappa shape index (κ3) is 3.81. The highest BCUT2D eigenvalue weighted by atomic mass is 19.1. The van der Waals surface area contributed by atoms with Gasteiger partial charge in [-0.05, 0) is 31.5 Å². The number of carbonyl (C=O) groups excluding carboxylic acids is 1. The minimum atomic E-state index is -0.768. The van der Waals surface area contributed by atoms with Crippen molar-refractivity contribution in [3.05, 3.63) is 65.2 Å². The lowest BCUT2D eigenvalue weighted by Crippen LogP contribution is -2.34. The number of hydrogen-bond donors (Lipinski definition) is 1. The van der Waals surface area contributed by atoms with E-state index in [0.29, 0.717) is 0 Å². The molecule has 1 amide bonds. The summed E-state index contributed by atoms with van der Waals surface area (Å²) in [5.41, 5.74) is 0.00886. The van der Waals surface area contributed by atoms with Gasteiger partial charge in [-0.3, -0.25) is 4.79 Å². The Morgan fingerprint density at radius 2 is 1.90 bits per heavy atom. The summed E-state index contributed by atoms with van der Waals surface area (Å²) in [6, 6.07) is 5.42. The fraction of sp³-hybridized carbons (Fsp3) is 0.200. The Hall–Kier alpha value is -2.37. The molecular formula is C15H13F3N2O. The molecule has 110 valence electrons. The topological polar surface area (TPSA) is 42.0 Å². The van der Waals surface area contributed by atoms with Gasteiger partial charge in [0.25, 0.3) is 5.91 Å². The smallest absolute Gasteiger partial charge is 0.251 e. The first-order valence-corrected chi connectivity index (χ1v) is 6.32. The Morgan fingerprint density at radius 1 is 1.24 bits per heavy atom. The molecule has 21 heavy (non-hydrogen) atoms. The molecule has 0 aliphatic carbocycles. The molecule has 0 aliphatic rings. The van der Waals surface area contributed by atoms with Crippen molar-refractivity contribution in [3.63, 3.8) is 0 Å². The number of carbonyl (C=O) groups is 1. The number of rotatable bonds is 4. The van der Waals surface area contributed by atoms with Crippen LogP contribution in [0.25, 0.3) is 0 Å². The van der Waals surface area contributed by atoms with Crippen molar-refractivity contribution in [1.29, 1.82) is 0 Å². The van der Waals surface area contributed by atoms with Crippen LogP contribution < -0.4 is 5.32 Å². The molecular weight excluding hydrogens is 281 g/mol. The van der Waals surface area contributed by atoms with Gasteiger partial charge in [0.05, 0.1) is 0 Å². The monoisotopic (exact) mass is 294 g/mol. The number of amides is 1. The second kappa shape index (κ2) is 6.39. The lowest BCUT2D eigenvalue weighted by molar-refractivity contribution is 0.0939. The number of nitrogens with one attached hydrogen (secondary N) is 1. The second-order valence-electron chi connectivity index (χ2n) is 4.65. The molecule has 6 heteroatoms. The van der Waals surface area contributed by atoms with Gasteiger partial charge in [0.15, 0.2) is 0 Å². The van der Waals surface area contributed by atoms with Gasteiger partial charge in [0.2, 0.25) is 5.95 Å². The molecule has 0 fully saturated rings. The van der Waals surface area contributed by atoms with Crippen LogP contribution in [0.15, 0.2) is 36.5 Å². The van der Waals surface area contributed by atoms with Crippen LogP contribution in [0, 0.1) is 17.6 Å². The van der Waals surface area contributed by atoms with E-state index in [0.717, 1.165) is 18.2 Å². The van der Waals surface area contributed by atoms with E-state index in [1.54, 1.807) is 6.92 Å². The quantitative estimate of drug-likeness (QED) is 0.881. The summed E-state index contributed by atoms with van der Waals surface area (Å²) >= 11 is 0. The van der Waals surface area contributed by atoms with Crippen molar-refractivity contribution in [2.24, 2.45) is 0 Å². The summed E-state index contributed by atoms with van der Waals surface area (Å²) in [6.07, 6.45) is 1.17. The third-order valence-electron chi connectivity index (χ3n) is 2.94. The van der Waals surface area contributed by atoms with E-state index in [1.807, 2.05) is 0 Å². The number of pyridine rings is 1. The molecule has 1 aromatic carbocycles. The summed E-state index contributed by atoms with van der Waals surface area (Å²) in [7, 11) is 0. The molecule has 0 radical (unpaired) electrons. The minimum Gasteiger partial charge on any atom is -0.349 e. The molecule has 1 atom stereocenters. The van der Waals surface area contributed by atoms with E-state index in [-0.39, 0.29) is 17.5 Å². The first-order chi connectivity index (χ1) is 9.97. The number of benzene rings is 1. The number of halogens is 3. The van der Waals surface area contributed by atoms with Crippen LogP contribution >= 0.6 is 0 Å². The molecule has 1 aromatic heterocycles. The van der Waals surface area contributed by atoms with E-state index in [2.05, 4.69) is 10.3 Å². The highest BCUT2D eigenvalue weighted by molar-refractivity contribution is 5.94. The van der Waals surface area contributed by atoms with Gasteiger partial charge < -0.3 is 5.32 Å². The van der Waals surface area contributed by atoms with Crippen molar-refractivity contribution in [2.45, 2.75) is 19.4 Å². The van der Waals surface area contributed by atoms with Gasteiger partial charge in [0.1, 0.15) is 11.6 Å². The Labute approximate surface area is 119 Å². The fourth-order valence-electron chi connectivity index (χ4n) is 1.94. The van der Waals surface area contributed by atoms with Gasteiger partial charge in [-0.2, -0.15) is 4.39 Å². The highest BCUT2D eigenvalue weighted by Crippen LogP contribution is 2.14. The maximum Gasteiger partial charge on any atom is 0.251 e. The average Bonchev–Trinajstić information content (AvgIpc) is 2.43. The average molecular weight is 294 g/mol. The number of nitrogens with zero attached hydrogens (tertiary/aromatic N) is 1. The minimum absolute atomic E-state index is 0.00217. The van der Waals surface area contributed by atoms with Gasteiger partial charge in [-0.25, -0.2) is 13.8 Å². The predicted molar refractivity (Wildman–Crippen MR) is 71.2 cm³/mol. The Kier molecular flexibility index (Phi) is 4.57. The summed E-state index contributed by atoms with van der Waals surface area (Å²) in [4.78, 5) is 15.2. The first kappa shape index (κ1) is 15.0. The van der Waals surface area contributed by atoms with Crippen LogP contribution in [0.2, 0.25) is 0 Å². The van der Waals surface area contributed by atoms with Gasteiger partial charge in [0, 0.05) is 29.4 Å². The molecule has 1 unspecified atom stereocenters. The van der Waals surface area contributed by atoms with E-state index >= 15 is 0 Å². The lowest BCUT2D eigenvalue weighted by Gasteiger charge is -2.15.